The minimum Gasteiger partial charge on any atom is -0.393 e. The van der Waals surface area contributed by atoms with Crippen molar-refractivity contribution in [3.8, 4) is 0 Å². The van der Waals surface area contributed by atoms with E-state index in [2.05, 4.69) is 0 Å². The van der Waals surface area contributed by atoms with Crippen LogP contribution in [0.5, 0.6) is 0 Å². The van der Waals surface area contributed by atoms with Crippen molar-refractivity contribution in [2.75, 3.05) is 6.61 Å². The third kappa shape index (κ3) is 2.18. The zero-order chi connectivity index (χ0) is 9.28. The molecule has 11 heavy (non-hydrogen) atoms. The first-order chi connectivity index (χ1) is 4.73. The largest absolute Gasteiger partial charge is 0.397 e. The van der Waals surface area contributed by atoms with Gasteiger partial charge >= 0.3 is 13.3 Å². The molecule has 0 aliphatic heterocycles. The second kappa shape index (κ2) is 3.12. The fourth-order valence-corrected chi connectivity index (χ4v) is 0.774. The molecule has 0 saturated heterocycles. The van der Waals surface area contributed by atoms with Gasteiger partial charge in [0.2, 0.25) is 0 Å². The highest BCUT2D eigenvalue weighted by molar-refractivity contribution is 7.53. The molecule has 0 aromatic carbocycles. The maximum atomic E-state index is 12.2. The summed E-state index contributed by atoms with van der Waals surface area (Å²) in [5.74, 6) is 0. The van der Waals surface area contributed by atoms with Crippen LogP contribution < -0.4 is 0 Å². The fraction of sp³-hybridized carbons (Fsp3) is 1.00. The maximum Gasteiger partial charge on any atom is 0.397 e. The van der Waals surface area contributed by atoms with Crippen molar-refractivity contribution in [3.63, 3.8) is 0 Å². The van der Waals surface area contributed by atoms with E-state index in [1.54, 1.807) is 0 Å². The van der Waals surface area contributed by atoms with Crippen LogP contribution in [0.2, 0.25) is 0 Å². The quantitative estimate of drug-likeness (QED) is 0.435. The molecule has 0 rings (SSSR count). The fourth-order valence-electron chi connectivity index (χ4n) is 0.304. The Morgan fingerprint density at radius 1 is 1.45 bits per heavy atom. The number of aliphatic hydroxyl groups excluding tert-OH is 2. The highest BCUT2D eigenvalue weighted by Gasteiger charge is 2.54. The standard InChI is InChI=1S/C3H7F2O5P/c4-3(5,2(7)1-6)11(8,9)10/h2,6-7H,1H2,(H2,8,9,10). The molecule has 0 spiro atoms. The van der Waals surface area contributed by atoms with Crippen LogP contribution in [0.15, 0.2) is 0 Å². The van der Waals surface area contributed by atoms with Gasteiger partial charge in [0.1, 0.15) is 0 Å². The summed E-state index contributed by atoms with van der Waals surface area (Å²) in [6.45, 7) is -1.40. The molecule has 8 heteroatoms. The molecule has 68 valence electrons. The van der Waals surface area contributed by atoms with Gasteiger partial charge in [0.05, 0.1) is 6.61 Å². The molecule has 0 saturated carbocycles. The van der Waals surface area contributed by atoms with E-state index in [-0.39, 0.29) is 0 Å². The summed E-state index contributed by atoms with van der Waals surface area (Å²) in [6, 6.07) is 0. The molecule has 1 atom stereocenters. The molecular weight excluding hydrogens is 185 g/mol. The average Bonchev–Trinajstić information content (AvgIpc) is 1.83. The normalized spacial score (nSPS) is 16.5. The molecule has 4 N–H and O–H groups in total. The van der Waals surface area contributed by atoms with Crippen molar-refractivity contribution in [1.82, 2.24) is 0 Å². The number of rotatable bonds is 3. The number of aliphatic hydroxyl groups is 2. The number of hydrogen-bond acceptors (Lipinski definition) is 3. The lowest BCUT2D eigenvalue weighted by Gasteiger charge is -2.21. The van der Waals surface area contributed by atoms with E-state index in [4.69, 9.17) is 20.0 Å². The third-order valence-corrected chi connectivity index (χ3v) is 2.04. The van der Waals surface area contributed by atoms with Gasteiger partial charge in [-0.1, -0.05) is 0 Å². The van der Waals surface area contributed by atoms with Crippen LogP contribution >= 0.6 is 7.60 Å². The molecule has 5 nitrogen and oxygen atoms in total. The Kier molecular flexibility index (Phi) is 3.10. The second-order valence-corrected chi connectivity index (χ2v) is 3.51. The van der Waals surface area contributed by atoms with Crippen LogP contribution in [0.4, 0.5) is 8.78 Å². The molecule has 0 fully saturated rings. The molecule has 0 aromatic rings. The van der Waals surface area contributed by atoms with Gasteiger partial charge in [-0.25, -0.2) is 0 Å². The van der Waals surface area contributed by atoms with Gasteiger partial charge in [-0.2, -0.15) is 8.78 Å². The summed E-state index contributed by atoms with van der Waals surface area (Å²) < 4.78 is 34.2. The van der Waals surface area contributed by atoms with Gasteiger partial charge in [0.25, 0.3) is 0 Å². The summed E-state index contributed by atoms with van der Waals surface area (Å²) in [6.07, 6.45) is -2.73. The third-order valence-electron chi connectivity index (χ3n) is 0.962. The summed E-state index contributed by atoms with van der Waals surface area (Å²) in [5, 5.41) is 16.2. The lowest BCUT2D eigenvalue weighted by molar-refractivity contribution is -0.0797. The summed E-state index contributed by atoms with van der Waals surface area (Å²) in [5.41, 5.74) is -4.58. The lowest BCUT2D eigenvalue weighted by atomic mass is 10.4. The predicted molar refractivity (Wildman–Crippen MR) is 30.1 cm³/mol. The predicted octanol–water partition coefficient (Wildman–Crippen LogP) is -0.890. The Morgan fingerprint density at radius 2 is 1.82 bits per heavy atom. The van der Waals surface area contributed by atoms with E-state index < -0.39 is 26.0 Å². The van der Waals surface area contributed by atoms with E-state index in [9.17, 15) is 13.3 Å². The van der Waals surface area contributed by atoms with Crippen molar-refractivity contribution in [2.45, 2.75) is 11.8 Å². The Balaban J connectivity index is 4.59. The molecule has 0 heterocycles. The van der Waals surface area contributed by atoms with Gasteiger partial charge in [-0.3, -0.25) is 4.57 Å². The Hall–Kier alpha value is -0.0700. The first kappa shape index (κ1) is 10.9. The number of hydrogen-bond donors (Lipinski definition) is 4. The van der Waals surface area contributed by atoms with Gasteiger partial charge in [0.15, 0.2) is 6.10 Å². The minimum atomic E-state index is -5.68. The van der Waals surface area contributed by atoms with Crippen LogP contribution in [-0.2, 0) is 4.57 Å². The maximum absolute atomic E-state index is 12.2. The molecule has 0 radical (unpaired) electrons. The molecular formula is C3H7F2O5P. The monoisotopic (exact) mass is 192 g/mol. The van der Waals surface area contributed by atoms with E-state index in [0.29, 0.717) is 0 Å². The molecule has 1 unspecified atom stereocenters. The number of alkyl halides is 2. The molecule has 0 aliphatic rings. The SMILES string of the molecule is O=P(O)(O)C(F)(F)C(O)CO. The molecule has 0 bridgehead atoms. The second-order valence-electron chi connectivity index (χ2n) is 1.83. The van der Waals surface area contributed by atoms with Gasteiger partial charge in [-0.15, -0.1) is 0 Å². The first-order valence-corrected chi connectivity index (χ1v) is 4.07. The van der Waals surface area contributed by atoms with Crippen LogP contribution in [0.25, 0.3) is 0 Å². The zero-order valence-corrected chi connectivity index (χ0v) is 6.08. The Labute approximate surface area is 60.4 Å². The van der Waals surface area contributed by atoms with E-state index in [0.717, 1.165) is 0 Å². The highest BCUT2D eigenvalue weighted by Crippen LogP contribution is 2.54. The van der Waals surface area contributed by atoms with E-state index >= 15 is 0 Å². The summed E-state index contributed by atoms with van der Waals surface area (Å²) in [4.78, 5) is 15.9. The van der Waals surface area contributed by atoms with Gasteiger partial charge < -0.3 is 20.0 Å². The highest BCUT2D eigenvalue weighted by atomic mass is 31.2. The van der Waals surface area contributed by atoms with E-state index in [1.165, 1.54) is 0 Å². The van der Waals surface area contributed by atoms with Crippen LogP contribution in [0.3, 0.4) is 0 Å². The van der Waals surface area contributed by atoms with Crippen molar-refractivity contribution < 1.29 is 33.3 Å². The lowest BCUT2D eigenvalue weighted by Crippen LogP contribution is -2.35. The molecule has 0 aliphatic carbocycles. The number of halogens is 2. The van der Waals surface area contributed by atoms with Gasteiger partial charge in [0, 0.05) is 0 Å². The topological polar surface area (TPSA) is 98.0 Å². The Morgan fingerprint density at radius 3 is 1.91 bits per heavy atom. The van der Waals surface area contributed by atoms with Crippen LogP contribution in [-0.4, -0.2) is 38.4 Å². The van der Waals surface area contributed by atoms with E-state index in [1.807, 2.05) is 0 Å². The van der Waals surface area contributed by atoms with Crippen molar-refractivity contribution in [3.05, 3.63) is 0 Å². The average molecular weight is 192 g/mol. The summed E-state index contributed by atoms with van der Waals surface area (Å²) in [7, 11) is -5.68. The van der Waals surface area contributed by atoms with Crippen LogP contribution in [0.1, 0.15) is 0 Å². The van der Waals surface area contributed by atoms with Crippen molar-refractivity contribution in [1.29, 1.82) is 0 Å². The summed E-state index contributed by atoms with van der Waals surface area (Å²) >= 11 is 0. The molecule has 0 aromatic heterocycles. The zero-order valence-electron chi connectivity index (χ0n) is 5.18. The van der Waals surface area contributed by atoms with Crippen molar-refractivity contribution >= 4 is 7.60 Å². The molecule has 0 amide bonds. The van der Waals surface area contributed by atoms with Crippen LogP contribution in [0, 0.1) is 0 Å². The first-order valence-electron chi connectivity index (χ1n) is 2.46. The van der Waals surface area contributed by atoms with Crippen molar-refractivity contribution in [2.24, 2.45) is 0 Å². The smallest absolute Gasteiger partial charge is 0.393 e. The Bertz CT molecular complexity index is 177. The van der Waals surface area contributed by atoms with Gasteiger partial charge in [-0.05, 0) is 0 Å². The minimum absolute atomic E-state index is 1.40.